The number of nitrogens with one attached hydrogen (secondary N) is 1. The predicted molar refractivity (Wildman–Crippen MR) is 98.0 cm³/mol. The van der Waals surface area contributed by atoms with E-state index in [2.05, 4.69) is 53.5 Å². The summed E-state index contributed by atoms with van der Waals surface area (Å²) in [5.74, 6) is 0.255. The SMILES string of the molecule is Cc1ccc(CN2CCC3(CC2)Cc2ccccc2CNC3=O)s1. The van der Waals surface area contributed by atoms with E-state index >= 15 is 0 Å². The number of thiophene rings is 1. The normalized spacial score (nSPS) is 20.5. The van der Waals surface area contributed by atoms with Crippen LogP contribution in [0.1, 0.15) is 33.7 Å². The number of carbonyl (C=O) groups excluding carboxylic acids is 1. The largest absolute Gasteiger partial charge is 0.352 e. The molecule has 2 aromatic rings. The quantitative estimate of drug-likeness (QED) is 0.907. The molecule has 1 fully saturated rings. The topological polar surface area (TPSA) is 32.3 Å². The summed E-state index contributed by atoms with van der Waals surface area (Å²) in [6.45, 7) is 5.87. The second-order valence-electron chi connectivity index (χ2n) is 7.20. The molecule has 0 unspecified atom stereocenters. The minimum absolute atomic E-state index is 0.214. The lowest BCUT2D eigenvalue weighted by Crippen LogP contribution is -2.48. The Balaban J connectivity index is 1.47. The molecule has 126 valence electrons. The van der Waals surface area contributed by atoms with Crippen molar-refractivity contribution >= 4 is 17.2 Å². The van der Waals surface area contributed by atoms with Gasteiger partial charge in [-0.3, -0.25) is 9.69 Å². The maximum absolute atomic E-state index is 12.8. The second-order valence-corrected chi connectivity index (χ2v) is 8.57. The molecule has 2 aliphatic heterocycles. The highest BCUT2D eigenvalue weighted by molar-refractivity contribution is 7.11. The van der Waals surface area contributed by atoms with E-state index < -0.39 is 0 Å². The summed E-state index contributed by atoms with van der Waals surface area (Å²) in [5.41, 5.74) is 2.41. The zero-order chi connectivity index (χ0) is 16.6. The zero-order valence-electron chi connectivity index (χ0n) is 14.2. The Hall–Kier alpha value is -1.65. The molecule has 2 aliphatic rings. The van der Waals surface area contributed by atoms with E-state index in [1.54, 1.807) is 0 Å². The van der Waals surface area contributed by atoms with Crippen LogP contribution in [0.4, 0.5) is 0 Å². The van der Waals surface area contributed by atoms with Gasteiger partial charge in [-0.15, -0.1) is 11.3 Å². The van der Waals surface area contributed by atoms with Crippen LogP contribution in [0.25, 0.3) is 0 Å². The lowest BCUT2D eigenvalue weighted by molar-refractivity contribution is -0.133. The van der Waals surface area contributed by atoms with Crippen LogP contribution in [0.3, 0.4) is 0 Å². The number of rotatable bonds is 2. The van der Waals surface area contributed by atoms with E-state index in [0.717, 1.165) is 38.9 Å². The van der Waals surface area contributed by atoms with Crippen molar-refractivity contribution in [1.29, 1.82) is 0 Å². The van der Waals surface area contributed by atoms with Gasteiger partial charge in [-0.1, -0.05) is 24.3 Å². The number of aryl methyl sites for hydroxylation is 1. The second kappa shape index (κ2) is 6.34. The molecular formula is C20H24N2OS. The molecule has 3 nitrogen and oxygen atoms in total. The fourth-order valence-electron chi connectivity index (χ4n) is 4.04. The Morgan fingerprint density at radius 1 is 1.12 bits per heavy atom. The number of likely N-dealkylation sites (tertiary alicyclic amines) is 1. The fraction of sp³-hybridized carbons (Fsp3) is 0.450. The average molecular weight is 340 g/mol. The number of benzene rings is 1. The van der Waals surface area contributed by atoms with Gasteiger partial charge in [0.15, 0.2) is 0 Å². The number of carbonyl (C=O) groups is 1. The van der Waals surface area contributed by atoms with Crippen LogP contribution in [0, 0.1) is 12.3 Å². The molecule has 4 heteroatoms. The summed E-state index contributed by atoms with van der Waals surface area (Å²) in [4.78, 5) is 18.1. The molecule has 0 radical (unpaired) electrons. The molecular weight excluding hydrogens is 316 g/mol. The van der Waals surface area contributed by atoms with E-state index in [-0.39, 0.29) is 11.3 Å². The summed E-state index contributed by atoms with van der Waals surface area (Å²) in [7, 11) is 0. The van der Waals surface area contributed by atoms with Crippen molar-refractivity contribution in [3.05, 3.63) is 57.3 Å². The van der Waals surface area contributed by atoms with Gasteiger partial charge in [0.2, 0.25) is 5.91 Å². The van der Waals surface area contributed by atoms with Gasteiger partial charge in [-0.2, -0.15) is 0 Å². The Morgan fingerprint density at radius 3 is 2.58 bits per heavy atom. The first-order valence-electron chi connectivity index (χ1n) is 8.77. The molecule has 1 N–H and O–H groups in total. The van der Waals surface area contributed by atoms with Crippen molar-refractivity contribution in [2.75, 3.05) is 13.1 Å². The number of amides is 1. The van der Waals surface area contributed by atoms with Crippen molar-refractivity contribution in [2.24, 2.45) is 5.41 Å². The van der Waals surface area contributed by atoms with Crippen LogP contribution in [0.15, 0.2) is 36.4 Å². The third kappa shape index (κ3) is 3.01. The smallest absolute Gasteiger partial charge is 0.226 e. The van der Waals surface area contributed by atoms with Gasteiger partial charge in [0, 0.05) is 22.8 Å². The molecule has 3 heterocycles. The Bertz CT molecular complexity index is 744. The molecule has 0 saturated carbocycles. The summed E-state index contributed by atoms with van der Waals surface area (Å²) >= 11 is 1.88. The Kier molecular flexibility index (Phi) is 4.19. The monoisotopic (exact) mass is 340 g/mol. The number of hydrogen-bond acceptors (Lipinski definition) is 3. The predicted octanol–water partition coefficient (Wildman–Crippen LogP) is 3.51. The first-order chi connectivity index (χ1) is 11.6. The summed E-state index contributed by atoms with van der Waals surface area (Å²) in [5, 5.41) is 3.17. The Morgan fingerprint density at radius 2 is 1.88 bits per heavy atom. The van der Waals surface area contributed by atoms with Gasteiger partial charge in [0.05, 0.1) is 5.41 Å². The molecule has 0 atom stereocenters. The third-order valence-corrected chi connectivity index (χ3v) is 6.54. The zero-order valence-corrected chi connectivity index (χ0v) is 15.0. The summed E-state index contributed by atoms with van der Waals surface area (Å²) in [6.07, 6.45) is 2.80. The highest BCUT2D eigenvalue weighted by Crippen LogP contribution is 2.38. The fourth-order valence-corrected chi connectivity index (χ4v) is 4.98. The number of fused-ring (bicyclic) bond motifs is 1. The molecule has 0 aliphatic carbocycles. The van der Waals surface area contributed by atoms with E-state index in [1.165, 1.54) is 20.9 Å². The van der Waals surface area contributed by atoms with Gasteiger partial charge >= 0.3 is 0 Å². The standard InChI is InChI=1S/C20H24N2OS/c1-15-6-7-18(24-15)14-22-10-8-20(9-11-22)12-16-4-2-3-5-17(16)13-21-19(20)23/h2-7H,8-14H2,1H3,(H,21,23). The minimum atomic E-state index is -0.214. The van der Waals surface area contributed by atoms with Gasteiger partial charge in [-0.25, -0.2) is 0 Å². The van der Waals surface area contributed by atoms with Crippen LogP contribution in [-0.4, -0.2) is 23.9 Å². The molecule has 0 bridgehead atoms. The number of piperidine rings is 1. The number of hydrogen-bond donors (Lipinski definition) is 1. The summed E-state index contributed by atoms with van der Waals surface area (Å²) in [6, 6.07) is 12.9. The van der Waals surface area contributed by atoms with Crippen LogP contribution in [-0.2, 0) is 24.3 Å². The molecule has 1 spiro atoms. The molecule has 1 aromatic carbocycles. The summed E-state index contributed by atoms with van der Waals surface area (Å²) < 4.78 is 0. The van der Waals surface area contributed by atoms with Crippen LogP contribution in [0.2, 0.25) is 0 Å². The third-order valence-electron chi connectivity index (χ3n) is 5.56. The van der Waals surface area contributed by atoms with Crippen LogP contribution < -0.4 is 5.32 Å². The van der Waals surface area contributed by atoms with E-state index in [0.29, 0.717) is 6.54 Å². The Labute approximate surface area is 147 Å². The molecule has 1 aromatic heterocycles. The van der Waals surface area contributed by atoms with Crippen molar-refractivity contribution in [2.45, 2.75) is 39.3 Å². The molecule has 24 heavy (non-hydrogen) atoms. The van der Waals surface area contributed by atoms with Crippen LogP contribution in [0.5, 0.6) is 0 Å². The van der Waals surface area contributed by atoms with Crippen molar-refractivity contribution in [3.8, 4) is 0 Å². The van der Waals surface area contributed by atoms with Gasteiger partial charge in [0.1, 0.15) is 0 Å². The van der Waals surface area contributed by atoms with Gasteiger partial charge < -0.3 is 5.32 Å². The molecule has 1 amide bonds. The lowest BCUT2D eigenvalue weighted by Gasteiger charge is -2.40. The first-order valence-corrected chi connectivity index (χ1v) is 9.59. The van der Waals surface area contributed by atoms with Crippen molar-refractivity contribution < 1.29 is 4.79 Å². The van der Waals surface area contributed by atoms with Gasteiger partial charge in [-0.05, 0) is 62.5 Å². The maximum Gasteiger partial charge on any atom is 0.226 e. The van der Waals surface area contributed by atoms with Gasteiger partial charge in [0.25, 0.3) is 0 Å². The lowest BCUT2D eigenvalue weighted by atomic mass is 9.73. The maximum atomic E-state index is 12.8. The molecule has 4 rings (SSSR count). The van der Waals surface area contributed by atoms with Crippen molar-refractivity contribution in [3.63, 3.8) is 0 Å². The van der Waals surface area contributed by atoms with Crippen LogP contribution >= 0.6 is 11.3 Å². The molecule has 1 saturated heterocycles. The number of nitrogens with zero attached hydrogens (tertiary/aromatic N) is 1. The minimum Gasteiger partial charge on any atom is -0.352 e. The highest BCUT2D eigenvalue weighted by Gasteiger charge is 2.42. The van der Waals surface area contributed by atoms with E-state index in [9.17, 15) is 4.79 Å². The first kappa shape index (κ1) is 15.9. The van der Waals surface area contributed by atoms with Crippen molar-refractivity contribution in [1.82, 2.24) is 10.2 Å². The highest BCUT2D eigenvalue weighted by atomic mass is 32.1. The average Bonchev–Trinajstić information content (AvgIpc) is 2.94. The van der Waals surface area contributed by atoms with E-state index in [1.807, 2.05) is 11.3 Å². The van der Waals surface area contributed by atoms with E-state index in [4.69, 9.17) is 0 Å².